The number of carbonyl (C=O) groups is 1. The zero-order valence-corrected chi connectivity index (χ0v) is 17.9. The summed E-state index contributed by atoms with van der Waals surface area (Å²) in [7, 11) is -3.87. The van der Waals surface area contributed by atoms with Gasteiger partial charge in [0.2, 0.25) is 15.9 Å². The molecule has 1 aromatic heterocycles. The van der Waals surface area contributed by atoms with Gasteiger partial charge in [-0.25, -0.2) is 8.42 Å². The molecule has 0 unspecified atom stereocenters. The molecule has 1 N–H and O–H groups in total. The van der Waals surface area contributed by atoms with Crippen molar-refractivity contribution in [2.45, 2.75) is 25.2 Å². The van der Waals surface area contributed by atoms with Gasteiger partial charge in [-0.1, -0.05) is 19.1 Å². The number of hydrogen-bond acceptors (Lipinski definition) is 5. The van der Waals surface area contributed by atoms with Gasteiger partial charge in [0, 0.05) is 35.4 Å². The fourth-order valence-electron chi connectivity index (χ4n) is 3.15. The van der Waals surface area contributed by atoms with Crippen LogP contribution < -0.4 is 10.1 Å². The Morgan fingerprint density at radius 3 is 2.57 bits per heavy atom. The summed E-state index contributed by atoms with van der Waals surface area (Å²) in [4.78, 5) is 16.8. The molecule has 2 aromatic carbocycles. The molecular formula is C22H25N3O4S. The number of fused-ring (bicyclic) bond motifs is 1. The van der Waals surface area contributed by atoms with Gasteiger partial charge in [-0.2, -0.15) is 4.31 Å². The van der Waals surface area contributed by atoms with Gasteiger partial charge in [0.1, 0.15) is 5.75 Å². The van der Waals surface area contributed by atoms with Crippen molar-refractivity contribution in [2.24, 2.45) is 0 Å². The van der Waals surface area contributed by atoms with E-state index in [0.29, 0.717) is 29.9 Å². The Labute approximate surface area is 176 Å². The van der Waals surface area contributed by atoms with Crippen molar-refractivity contribution in [2.75, 3.05) is 25.0 Å². The highest BCUT2D eigenvalue weighted by molar-refractivity contribution is 7.89. The first-order valence-corrected chi connectivity index (χ1v) is 11.2. The van der Waals surface area contributed by atoms with Gasteiger partial charge in [0.05, 0.1) is 18.0 Å². The summed E-state index contributed by atoms with van der Waals surface area (Å²) in [5, 5.41) is 4.06. The molecule has 7 nitrogen and oxygen atoms in total. The molecule has 30 heavy (non-hydrogen) atoms. The van der Waals surface area contributed by atoms with E-state index >= 15 is 0 Å². The van der Waals surface area contributed by atoms with Crippen LogP contribution >= 0.6 is 0 Å². The Bertz CT molecular complexity index is 1110. The van der Waals surface area contributed by atoms with E-state index in [4.69, 9.17) is 4.74 Å². The first kappa shape index (κ1) is 21.7. The van der Waals surface area contributed by atoms with Crippen molar-refractivity contribution >= 4 is 32.4 Å². The maximum absolute atomic E-state index is 13.3. The molecule has 0 aliphatic heterocycles. The Morgan fingerprint density at radius 1 is 1.10 bits per heavy atom. The summed E-state index contributed by atoms with van der Waals surface area (Å²) in [6, 6.07) is 13.7. The van der Waals surface area contributed by atoms with Crippen LogP contribution in [0.5, 0.6) is 5.75 Å². The third-order valence-electron chi connectivity index (χ3n) is 4.50. The fraction of sp³-hybridized carbons (Fsp3) is 0.273. The zero-order chi connectivity index (χ0) is 21.6. The second kappa shape index (κ2) is 9.69. The van der Waals surface area contributed by atoms with E-state index in [-0.39, 0.29) is 18.0 Å². The molecule has 0 saturated heterocycles. The molecule has 8 heteroatoms. The number of sulfonamides is 1. The highest BCUT2D eigenvalue weighted by Crippen LogP contribution is 2.25. The molecule has 158 valence electrons. The monoisotopic (exact) mass is 427 g/mol. The van der Waals surface area contributed by atoms with Crippen molar-refractivity contribution in [3.05, 3.63) is 60.9 Å². The summed E-state index contributed by atoms with van der Waals surface area (Å²) in [5.74, 6) is 0.300. The van der Waals surface area contributed by atoms with Crippen LogP contribution in [0.4, 0.5) is 5.69 Å². The van der Waals surface area contributed by atoms with E-state index in [1.54, 1.807) is 54.9 Å². The standard InChI is InChI=1S/C22H25N3O4S/c1-3-14-25(16-22(26)24-18-8-10-19(11-9-18)29-4-2)30(27,28)21-7-5-6-17-15-23-13-12-20(17)21/h5-13,15H,3-4,14,16H2,1-2H3,(H,24,26). The molecule has 1 heterocycles. The van der Waals surface area contributed by atoms with E-state index < -0.39 is 15.9 Å². The van der Waals surface area contributed by atoms with Gasteiger partial charge in [0.15, 0.2) is 0 Å². The zero-order valence-electron chi connectivity index (χ0n) is 17.0. The van der Waals surface area contributed by atoms with Gasteiger partial charge >= 0.3 is 0 Å². The highest BCUT2D eigenvalue weighted by Gasteiger charge is 2.27. The van der Waals surface area contributed by atoms with E-state index in [9.17, 15) is 13.2 Å². The minimum Gasteiger partial charge on any atom is -0.494 e. The van der Waals surface area contributed by atoms with Crippen LogP contribution in [0.2, 0.25) is 0 Å². The van der Waals surface area contributed by atoms with Crippen LogP contribution in [-0.2, 0) is 14.8 Å². The number of nitrogens with zero attached hydrogens (tertiary/aromatic N) is 2. The maximum atomic E-state index is 13.3. The number of pyridine rings is 1. The lowest BCUT2D eigenvalue weighted by atomic mass is 10.2. The van der Waals surface area contributed by atoms with Crippen LogP contribution in [0, 0.1) is 0 Å². The first-order chi connectivity index (χ1) is 14.5. The number of benzene rings is 2. The minimum absolute atomic E-state index is 0.171. The minimum atomic E-state index is -3.87. The summed E-state index contributed by atoms with van der Waals surface area (Å²) in [5.41, 5.74) is 0.577. The summed E-state index contributed by atoms with van der Waals surface area (Å²) in [6.07, 6.45) is 3.77. The predicted octanol–water partition coefficient (Wildman–Crippen LogP) is 3.67. The maximum Gasteiger partial charge on any atom is 0.244 e. The quantitative estimate of drug-likeness (QED) is 0.563. The van der Waals surface area contributed by atoms with Crippen molar-refractivity contribution in [3.63, 3.8) is 0 Å². The molecule has 1 amide bonds. The van der Waals surface area contributed by atoms with Crippen LogP contribution in [0.25, 0.3) is 10.8 Å². The lowest BCUT2D eigenvalue weighted by molar-refractivity contribution is -0.116. The lowest BCUT2D eigenvalue weighted by Gasteiger charge is -2.22. The molecule has 0 atom stereocenters. The molecule has 0 radical (unpaired) electrons. The second-order valence-electron chi connectivity index (χ2n) is 6.70. The topological polar surface area (TPSA) is 88.6 Å². The second-order valence-corrected chi connectivity index (χ2v) is 8.60. The van der Waals surface area contributed by atoms with E-state index in [1.807, 2.05) is 19.9 Å². The van der Waals surface area contributed by atoms with Gasteiger partial charge in [0.25, 0.3) is 0 Å². The molecule has 0 aliphatic carbocycles. The Morgan fingerprint density at radius 2 is 1.87 bits per heavy atom. The summed E-state index contributed by atoms with van der Waals surface area (Å²) in [6.45, 7) is 4.29. The Hall–Kier alpha value is -2.97. The molecule has 0 aliphatic rings. The largest absolute Gasteiger partial charge is 0.494 e. The van der Waals surface area contributed by atoms with Crippen LogP contribution in [-0.4, -0.2) is 43.3 Å². The SMILES string of the molecule is CCCN(CC(=O)Nc1ccc(OCC)cc1)S(=O)(=O)c1cccc2cnccc12. The number of hydrogen-bond donors (Lipinski definition) is 1. The van der Waals surface area contributed by atoms with E-state index in [0.717, 1.165) is 5.39 Å². The van der Waals surface area contributed by atoms with Gasteiger partial charge < -0.3 is 10.1 Å². The molecule has 0 bridgehead atoms. The predicted molar refractivity (Wildman–Crippen MR) is 117 cm³/mol. The van der Waals surface area contributed by atoms with Crippen molar-refractivity contribution in [3.8, 4) is 5.75 Å². The smallest absolute Gasteiger partial charge is 0.244 e. The molecule has 3 rings (SSSR count). The molecule has 3 aromatic rings. The van der Waals surface area contributed by atoms with Gasteiger partial charge in [-0.15, -0.1) is 0 Å². The number of aromatic nitrogens is 1. The van der Waals surface area contributed by atoms with Crippen molar-refractivity contribution in [1.82, 2.24) is 9.29 Å². The van der Waals surface area contributed by atoms with Crippen molar-refractivity contribution in [1.29, 1.82) is 0 Å². The van der Waals surface area contributed by atoms with Crippen LogP contribution in [0.1, 0.15) is 20.3 Å². The molecule has 0 fully saturated rings. The van der Waals surface area contributed by atoms with E-state index in [1.165, 1.54) is 4.31 Å². The fourth-order valence-corrected chi connectivity index (χ4v) is 4.85. The average Bonchev–Trinajstić information content (AvgIpc) is 2.74. The third kappa shape index (κ3) is 4.95. The van der Waals surface area contributed by atoms with E-state index in [2.05, 4.69) is 10.3 Å². The number of anilines is 1. The normalized spacial score (nSPS) is 11.6. The Balaban J connectivity index is 1.81. The number of rotatable bonds is 9. The van der Waals surface area contributed by atoms with Crippen LogP contribution in [0.15, 0.2) is 65.8 Å². The number of ether oxygens (including phenoxy) is 1. The molecular weight excluding hydrogens is 402 g/mol. The first-order valence-electron chi connectivity index (χ1n) is 9.81. The lowest BCUT2D eigenvalue weighted by Crippen LogP contribution is -2.38. The van der Waals surface area contributed by atoms with Gasteiger partial charge in [-0.3, -0.25) is 9.78 Å². The van der Waals surface area contributed by atoms with Crippen molar-refractivity contribution < 1.29 is 17.9 Å². The highest BCUT2D eigenvalue weighted by atomic mass is 32.2. The average molecular weight is 428 g/mol. The molecule has 0 spiro atoms. The van der Waals surface area contributed by atoms with Crippen LogP contribution in [0.3, 0.4) is 0 Å². The number of carbonyl (C=O) groups excluding carboxylic acids is 1. The third-order valence-corrected chi connectivity index (χ3v) is 6.40. The number of amides is 1. The van der Waals surface area contributed by atoms with Gasteiger partial charge in [-0.05, 0) is 49.7 Å². The molecule has 0 saturated carbocycles. The summed E-state index contributed by atoms with van der Waals surface area (Å²) >= 11 is 0. The number of nitrogens with one attached hydrogen (secondary N) is 1. The Kier molecular flexibility index (Phi) is 7.02. The summed E-state index contributed by atoms with van der Waals surface area (Å²) < 4.78 is 33.3.